The van der Waals surface area contributed by atoms with Crippen molar-refractivity contribution in [2.45, 2.75) is 13.1 Å². The fourth-order valence-corrected chi connectivity index (χ4v) is 2.96. The Kier molecular flexibility index (Phi) is 2.41. The van der Waals surface area contributed by atoms with Crippen LogP contribution < -0.4 is 10.1 Å². The van der Waals surface area contributed by atoms with E-state index in [4.69, 9.17) is 4.74 Å². The zero-order valence-corrected chi connectivity index (χ0v) is 10.7. The molecule has 1 aliphatic heterocycles. The van der Waals surface area contributed by atoms with E-state index in [1.807, 2.05) is 0 Å². The summed E-state index contributed by atoms with van der Waals surface area (Å²) < 4.78 is 9.00. The third-order valence-corrected chi connectivity index (χ3v) is 3.77. The first kappa shape index (κ1) is 10.2. The second-order valence-corrected chi connectivity index (χ2v) is 4.80. The minimum atomic E-state index is 0.879. The Morgan fingerprint density at radius 3 is 3.12 bits per heavy atom. The molecule has 1 aliphatic rings. The molecule has 0 aliphatic carbocycles. The van der Waals surface area contributed by atoms with Gasteiger partial charge in [0, 0.05) is 24.1 Å². The van der Waals surface area contributed by atoms with Crippen molar-refractivity contribution in [3.05, 3.63) is 28.4 Å². The van der Waals surface area contributed by atoms with E-state index in [1.165, 1.54) is 16.6 Å². The second-order valence-electron chi connectivity index (χ2n) is 3.94. The van der Waals surface area contributed by atoms with Crippen molar-refractivity contribution in [2.75, 3.05) is 13.7 Å². The molecule has 2 aromatic rings. The summed E-state index contributed by atoms with van der Waals surface area (Å²) in [4.78, 5) is 0. The summed E-state index contributed by atoms with van der Waals surface area (Å²) in [5, 5.41) is 4.56. The molecule has 0 atom stereocenters. The minimum Gasteiger partial charge on any atom is -0.494 e. The molecule has 0 fully saturated rings. The molecule has 0 saturated heterocycles. The van der Waals surface area contributed by atoms with E-state index in [1.54, 1.807) is 7.11 Å². The van der Waals surface area contributed by atoms with Gasteiger partial charge in [0.25, 0.3) is 0 Å². The molecule has 0 amide bonds. The highest BCUT2D eigenvalue weighted by atomic mass is 79.9. The quantitative estimate of drug-likeness (QED) is 0.869. The largest absolute Gasteiger partial charge is 0.494 e. The summed E-state index contributed by atoms with van der Waals surface area (Å²) in [6, 6.07) is 6.28. The van der Waals surface area contributed by atoms with Crippen LogP contribution >= 0.6 is 15.9 Å². The Hall–Kier alpha value is -1.00. The van der Waals surface area contributed by atoms with E-state index in [0.29, 0.717) is 0 Å². The number of rotatable bonds is 1. The highest BCUT2D eigenvalue weighted by Gasteiger charge is 2.21. The summed E-state index contributed by atoms with van der Waals surface area (Å²) >= 11 is 3.60. The van der Waals surface area contributed by atoms with Crippen LogP contribution in [0.15, 0.2) is 22.7 Å². The molecule has 0 radical (unpaired) electrons. The molecule has 3 nitrogen and oxygen atoms in total. The number of aromatic nitrogens is 1. The zero-order valence-electron chi connectivity index (χ0n) is 9.09. The van der Waals surface area contributed by atoms with Crippen molar-refractivity contribution in [3.63, 3.8) is 0 Å². The lowest BCUT2D eigenvalue weighted by Crippen LogP contribution is -2.27. The van der Waals surface area contributed by atoms with Gasteiger partial charge in [0.15, 0.2) is 0 Å². The summed E-state index contributed by atoms with van der Waals surface area (Å²) in [6.45, 7) is 2.91. The first-order valence-corrected chi connectivity index (χ1v) is 6.16. The number of halogens is 1. The monoisotopic (exact) mass is 280 g/mol. The van der Waals surface area contributed by atoms with Crippen molar-refractivity contribution in [1.82, 2.24) is 9.88 Å². The normalized spacial score (nSPS) is 15.1. The number of hydrogen-bond acceptors (Lipinski definition) is 2. The van der Waals surface area contributed by atoms with Crippen molar-refractivity contribution < 1.29 is 4.74 Å². The van der Waals surface area contributed by atoms with Crippen LogP contribution in [0.2, 0.25) is 0 Å². The van der Waals surface area contributed by atoms with Crippen molar-refractivity contribution in [1.29, 1.82) is 0 Å². The van der Waals surface area contributed by atoms with Gasteiger partial charge in [-0.3, -0.25) is 0 Å². The standard InChI is InChI=1S/C12H13BrN2O/c1-16-12-10-7-14-5-6-15(10)9-4-2-3-8(13)11(9)12/h2-4,14H,5-7H2,1H3. The number of nitrogens with one attached hydrogen (secondary N) is 1. The molecular weight excluding hydrogens is 268 g/mol. The molecule has 1 aromatic carbocycles. The van der Waals surface area contributed by atoms with Gasteiger partial charge >= 0.3 is 0 Å². The topological polar surface area (TPSA) is 26.2 Å². The fraction of sp³-hybridized carbons (Fsp3) is 0.333. The van der Waals surface area contributed by atoms with Gasteiger partial charge in [0.1, 0.15) is 5.75 Å². The van der Waals surface area contributed by atoms with E-state index in [9.17, 15) is 0 Å². The lowest BCUT2D eigenvalue weighted by Gasteiger charge is -2.17. The van der Waals surface area contributed by atoms with Crippen molar-refractivity contribution in [2.24, 2.45) is 0 Å². The third-order valence-electron chi connectivity index (χ3n) is 3.11. The first-order valence-electron chi connectivity index (χ1n) is 5.37. The predicted molar refractivity (Wildman–Crippen MR) is 67.9 cm³/mol. The maximum absolute atomic E-state index is 5.56. The average Bonchev–Trinajstić information content (AvgIpc) is 2.65. The number of ether oxygens (including phenoxy) is 1. The van der Waals surface area contributed by atoms with Gasteiger partial charge in [0.05, 0.1) is 23.7 Å². The Morgan fingerprint density at radius 1 is 1.44 bits per heavy atom. The van der Waals surface area contributed by atoms with Crippen LogP contribution in [0.25, 0.3) is 10.9 Å². The smallest absolute Gasteiger partial charge is 0.150 e. The summed E-state index contributed by atoms with van der Waals surface area (Å²) in [5.41, 5.74) is 2.50. The highest BCUT2D eigenvalue weighted by Crippen LogP contribution is 2.38. The molecule has 84 valence electrons. The van der Waals surface area contributed by atoms with E-state index < -0.39 is 0 Å². The van der Waals surface area contributed by atoms with E-state index in [2.05, 4.69) is 44.0 Å². The molecule has 1 aromatic heterocycles. The maximum Gasteiger partial charge on any atom is 0.150 e. The van der Waals surface area contributed by atoms with Crippen molar-refractivity contribution >= 4 is 26.8 Å². The van der Waals surface area contributed by atoms with Crippen LogP contribution in [0.5, 0.6) is 5.75 Å². The lowest BCUT2D eigenvalue weighted by atomic mass is 10.2. The maximum atomic E-state index is 5.56. The Bertz CT molecular complexity index is 547. The molecule has 4 heteroatoms. The van der Waals surface area contributed by atoms with Crippen LogP contribution in [0.3, 0.4) is 0 Å². The molecule has 0 saturated carbocycles. The van der Waals surface area contributed by atoms with E-state index >= 15 is 0 Å². The van der Waals surface area contributed by atoms with Crippen LogP contribution in [0, 0.1) is 0 Å². The van der Waals surface area contributed by atoms with Crippen LogP contribution in [-0.4, -0.2) is 18.2 Å². The van der Waals surface area contributed by atoms with Crippen molar-refractivity contribution in [3.8, 4) is 5.75 Å². The van der Waals surface area contributed by atoms with Gasteiger partial charge in [-0.15, -0.1) is 0 Å². The number of hydrogen-bond donors (Lipinski definition) is 1. The molecule has 0 bridgehead atoms. The number of fused-ring (bicyclic) bond motifs is 3. The highest BCUT2D eigenvalue weighted by molar-refractivity contribution is 9.10. The molecule has 2 heterocycles. The van der Waals surface area contributed by atoms with Gasteiger partial charge in [-0.25, -0.2) is 0 Å². The number of benzene rings is 1. The first-order chi connectivity index (χ1) is 7.83. The third kappa shape index (κ3) is 1.30. The summed E-state index contributed by atoms with van der Waals surface area (Å²) in [5.74, 6) is 0.995. The van der Waals surface area contributed by atoms with Gasteiger partial charge in [-0.05, 0) is 28.1 Å². The lowest BCUT2D eigenvalue weighted by molar-refractivity contribution is 0.400. The summed E-state index contributed by atoms with van der Waals surface area (Å²) in [7, 11) is 1.74. The van der Waals surface area contributed by atoms with E-state index in [0.717, 1.165) is 29.9 Å². The molecule has 3 rings (SSSR count). The fourth-order valence-electron chi connectivity index (χ4n) is 2.42. The average molecular weight is 281 g/mol. The SMILES string of the molecule is COc1c2n(c3cccc(Br)c13)CCNC2. The Balaban J connectivity index is 2.42. The second kappa shape index (κ2) is 3.79. The minimum absolute atomic E-state index is 0.879. The summed E-state index contributed by atoms with van der Waals surface area (Å²) in [6.07, 6.45) is 0. The Morgan fingerprint density at radius 2 is 2.31 bits per heavy atom. The van der Waals surface area contributed by atoms with Gasteiger partial charge in [-0.1, -0.05) is 6.07 Å². The van der Waals surface area contributed by atoms with Gasteiger partial charge in [0.2, 0.25) is 0 Å². The van der Waals surface area contributed by atoms with Crippen LogP contribution in [0.4, 0.5) is 0 Å². The predicted octanol–water partition coefficient (Wildman–Crippen LogP) is 2.52. The number of methoxy groups -OCH3 is 1. The van der Waals surface area contributed by atoms with E-state index in [-0.39, 0.29) is 0 Å². The molecule has 1 N–H and O–H groups in total. The molecule has 16 heavy (non-hydrogen) atoms. The molecule has 0 spiro atoms. The van der Waals surface area contributed by atoms with Crippen LogP contribution in [-0.2, 0) is 13.1 Å². The zero-order chi connectivity index (χ0) is 11.1. The Labute approximate surface area is 103 Å². The van der Waals surface area contributed by atoms with Gasteiger partial charge in [-0.2, -0.15) is 0 Å². The molecule has 0 unspecified atom stereocenters. The van der Waals surface area contributed by atoms with Crippen LogP contribution in [0.1, 0.15) is 5.69 Å². The number of nitrogens with zero attached hydrogens (tertiary/aromatic N) is 1. The van der Waals surface area contributed by atoms with Gasteiger partial charge < -0.3 is 14.6 Å². The molecular formula is C12H13BrN2O.